The van der Waals surface area contributed by atoms with Gasteiger partial charge >= 0.3 is 0 Å². The first-order chi connectivity index (χ1) is 26.8. The van der Waals surface area contributed by atoms with Gasteiger partial charge in [0.25, 0.3) is 5.91 Å². The number of carbonyl (C=O) groups excluding carboxylic acids is 2. The van der Waals surface area contributed by atoms with E-state index in [2.05, 4.69) is 78.8 Å². The molecule has 3 aromatic carbocycles. The lowest BCUT2D eigenvalue weighted by molar-refractivity contribution is 0.0729. The Morgan fingerprint density at radius 1 is 0.982 bits per heavy atom. The van der Waals surface area contributed by atoms with Crippen LogP contribution in [0, 0.1) is 6.92 Å². The van der Waals surface area contributed by atoms with E-state index in [-0.39, 0.29) is 11.9 Å². The highest BCUT2D eigenvalue weighted by Crippen LogP contribution is 2.34. The molecule has 286 valence electrons. The van der Waals surface area contributed by atoms with Gasteiger partial charge in [-0.05, 0) is 92.1 Å². The van der Waals surface area contributed by atoms with Gasteiger partial charge in [-0.3, -0.25) is 14.5 Å². The van der Waals surface area contributed by atoms with E-state index in [0.717, 1.165) is 82.7 Å². The zero-order chi connectivity index (χ0) is 38.1. The number of anilines is 1. The summed E-state index contributed by atoms with van der Waals surface area (Å²) in [5.74, 6) is -0.759. The Bertz CT molecular complexity index is 2210. The molecule has 8 rings (SSSR count). The Hall–Kier alpha value is -5.10. The minimum absolute atomic E-state index is 0.189. The molecular formula is C44H52N8O3. The summed E-state index contributed by atoms with van der Waals surface area (Å²) in [6.07, 6.45) is 5.59. The molecule has 0 radical (unpaired) electrons. The van der Waals surface area contributed by atoms with Gasteiger partial charge in [-0.25, -0.2) is 9.67 Å². The zero-order valence-electron chi connectivity index (χ0n) is 32.2. The van der Waals surface area contributed by atoms with Crippen molar-refractivity contribution in [1.29, 1.82) is 0 Å². The fraction of sp³-hybridized carbons (Fsp3) is 0.409. The van der Waals surface area contributed by atoms with Gasteiger partial charge in [0.15, 0.2) is 5.65 Å². The summed E-state index contributed by atoms with van der Waals surface area (Å²) in [4.78, 5) is 36.6. The van der Waals surface area contributed by atoms with E-state index in [4.69, 9.17) is 20.6 Å². The van der Waals surface area contributed by atoms with E-state index in [1.807, 2.05) is 15.8 Å². The first-order valence-corrected chi connectivity index (χ1v) is 19.8. The monoisotopic (exact) mass is 740 g/mol. The molecule has 11 nitrogen and oxygen atoms in total. The van der Waals surface area contributed by atoms with Crippen LogP contribution in [0.5, 0.6) is 0 Å². The molecule has 11 heteroatoms. The van der Waals surface area contributed by atoms with Crippen LogP contribution in [0.4, 0.5) is 5.69 Å². The molecule has 2 bridgehead atoms. The van der Waals surface area contributed by atoms with Crippen molar-refractivity contribution in [2.45, 2.75) is 90.8 Å². The van der Waals surface area contributed by atoms with Crippen LogP contribution >= 0.6 is 0 Å². The molecule has 0 saturated carbocycles. The van der Waals surface area contributed by atoms with Gasteiger partial charge in [0.1, 0.15) is 0 Å². The summed E-state index contributed by atoms with van der Waals surface area (Å²) >= 11 is 0. The molecule has 55 heavy (non-hydrogen) atoms. The third-order valence-electron chi connectivity index (χ3n) is 11.5. The highest BCUT2D eigenvalue weighted by Gasteiger charge is 2.37. The van der Waals surface area contributed by atoms with Crippen molar-refractivity contribution in [3.05, 3.63) is 112 Å². The predicted molar refractivity (Wildman–Crippen MR) is 216 cm³/mol. The number of amides is 2. The summed E-state index contributed by atoms with van der Waals surface area (Å²) < 4.78 is 7.63. The van der Waals surface area contributed by atoms with Crippen molar-refractivity contribution in [3.8, 4) is 11.1 Å². The third-order valence-corrected chi connectivity index (χ3v) is 11.5. The molecule has 3 aliphatic heterocycles. The number of nitrogens with one attached hydrogen (secondary N) is 2. The van der Waals surface area contributed by atoms with E-state index in [1.54, 1.807) is 24.3 Å². The van der Waals surface area contributed by atoms with Crippen LogP contribution in [-0.2, 0) is 37.3 Å². The number of aryl methyl sites for hydroxylation is 3. The average Bonchev–Trinajstić information content (AvgIpc) is 3.95. The van der Waals surface area contributed by atoms with Crippen LogP contribution < -0.4 is 16.4 Å². The van der Waals surface area contributed by atoms with Gasteiger partial charge < -0.3 is 26.0 Å². The molecule has 3 aliphatic rings. The maximum atomic E-state index is 14.7. The second-order valence-electron chi connectivity index (χ2n) is 15.4. The van der Waals surface area contributed by atoms with E-state index in [1.165, 1.54) is 12.0 Å². The summed E-state index contributed by atoms with van der Waals surface area (Å²) in [7, 11) is 0. The zero-order valence-corrected chi connectivity index (χ0v) is 32.2. The van der Waals surface area contributed by atoms with E-state index >= 15 is 0 Å². The lowest BCUT2D eigenvalue weighted by Gasteiger charge is -2.29. The highest BCUT2D eigenvalue weighted by molar-refractivity contribution is 5.99. The number of rotatable bonds is 13. The largest absolute Gasteiger partial charge is 0.381 e. The molecule has 3 fully saturated rings. The van der Waals surface area contributed by atoms with Gasteiger partial charge in [0, 0.05) is 86.4 Å². The van der Waals surface area contributed by atoms with Gasteiger partial charge in [-0.1, -0.05) is 48.9 Å². The molecule has 0 spiro atoms. The molecule has 2 amide bonds. The predicted octanol–water partition coefficient (Wildman–Crippen LogP) is 6.07. The molecule has 4 N–H and O–H groups in total. The maximum absolute atomic E-state index is 14.7. The number of pyridine rings is 1. The number of nitrogens with zero attached hydrogens (tertiary/aromatic N) is 5. The van der Waals surface area contributed by atoms with Crippen molar-refractivity contribution in [2.24, 2.45) is 5.73 Å². The molecule has 1 unspecified atom stereocenters. The van der Waals surface area contributed by atoms with E-state index in [9.17, 15) is 9.59 Å². The topological polar surface area (TPSA) is 131 Å². The standard InChI is InChI=1S/C44H52N8O3/c1-4-40-39(41(48-35-12-14-55-15-13-35)38-23-47-52(5-2)43(38)49-40)27-51(44(54)33-11-7-10-32(20-33)42(45)53)25-30-16-28(3)17-34(19-30)31-9-6-8-29(18-31)24-50-26-36-21-37(50)22-46-36/h6-11,16-20,23,35-37,46H,4-5,12-15,21-22,24-27H2,1-3H3,(H2,45,53)(H,48,49)/t36-,37?/m0/s1. The number of ether oxygens (including phenoxy) is 1. The molecule has 2 atom stereocenters. The Morgan fingerprint density at radius 3 is 2.53 bits per heavy atom. The number of hydrogen-bond acceptors (Lipinski definition) is 8. The number of nitrogens with two attached hydrogens (primary N) is 1. The van der Waals surface area contributed by atoms with Gasteiger partial charge in [0.2, 0.25) is 5.91 Å². The van der Waals surface area contributed by atoms with Gasteiger partial charge in [0.05, 0.1) is 23.8 Å². The van der Waals surface area contributed by atoms with Crippen LogP contribution in [0.2, 0.25) is 0 Å². The Balaban J connectivity index is 1.17. The number of aromatic nitrogens is 3. The molecule has 5 aromatic rings. The van der Waals surface area contributed by atoms with E-state index in [0.29, 0.717) is 62.5 Å². The summed E-state index contributed by atoms with van der Waals surface area (Å²) in [6.45, 7) is 12.2. The van der Waals surface area contributed by atoms with Crippen LogP contribution in [0.1, 0.15) is 81.8 Å². The summed E-state index contributed by atoms with van der Waals surface area (Å²) in [5, 5.41) is 13.1. The number of likely N-dealkylation sites (tertiary alicyclic amines) is 1. The maximum Gasteiger partial charge on any atom is 0.254 e. The SMILES string of the molecule is CCc1nc2c(cnn2CC)c(NC2CCOCC2)c1CN(Cc1cc(C)cc(-c2cccc(CN3C[C@@H]4CC3CN4)c2)c1)C(=O)c1cccc(C(N)=O)c1. The van der Waals surface area contributed by atoms with Gasteiger partial charge in [-0.15, -0.1) is 0 Å². The number of hydrogen-bond donors (Lipinski definition) is 3. The first-order valence-electron chi connectivity index (χ1n) is 19.8. The van der Waals surface area contributed by atoms with Crippen molar-refractivity contribution < 1.29 is 14.3 Å². The summed E-state index contributed by atoms with van der Waals surface area (Å²) in [6, 6.07) is 23.6. The lowest BCUT2D eigenvalue weighted by Crippen LogP contribution is -2.42. The van der Waals surface area contributed by atoms with Crippen molar-refractivity contribution in [2.75, 3.05) is 31.6 Å². The molecular weight excluding hydrogens is 689 g/mol. The smallest absolute Gasteiger partial charge is 0.254 e. The fourth-order valence-corrected chi connectivity index (χ4v) is 8.72. The number of primary amides is 1. The number of carbonyl (C=O) groups is 2. The lowest BCUT2D eigenvalue weighted by atomic mass is 9.97. The first kappa shape index (κ1) is 36.9. The molecule has 3 saturated heterocycles. The van der Waals surface area contributed by atoms with Crippen LogP contribution in [0.25, 0.3) is 22.2 Å². The van der Waals surface area contributed by atoms with Crippen LogP contribution in [0.15, 0.2) is 72.9 Å². The normalized spacial score (nSPS) is 18.6. The van der Waals surface area contributed by atoms with Crippen molar-refractivity contribution >= 4 is 28.5 Å². The average molecular weight is 741 g/mol. The Labute approximate surface area is 323 Å². The van der Waals surface area contributed by atoms with Gasteiger partial charge in [-0.2, -0.15) is 5.10 Å². The molecule has 0 aliphatic carbocycles. The van der Waals surface area contributed by atoms with E-state index < -0.39 is 5.91 Å². The van der Waals surface area contributed by atoms with Crippen LogP contribution in [-0.4, -0.2) is 80.8 Å². The third kappa shape index (κ3) is 7.87. The number of fused-ring (bicyclic) bond motifs is 3. The second kappa shape index (κ2) is 15.9. The molecule has 5 heterocycles. The Kier molecular flexibility index (Phi) is 10.7. The van der Waals surface area contributed by atoms with Crippen molar-refractivity contribution in [1.82, 2.24) is 29.9 Å². The fourth-order valence-electron chi connectivity index (χ4n) is 8.72. The minimum atomic E-state index is -0.570. The number of benzene rings is 3. The Morgan fingerprint density at radius 2 is 1.78 bits per heavy atom. The molecule has 2 aromatic heterocycles. The quantitative estimate of drug-likeness (QED) is 0.133. The summed E-state index contributed by atoms with van der Waals surface area (Å²) in [5.41, 5.74) is 15.8. The van der Waals surface area contributed by atoms with Crippen molar-refractivity contribution in [3.63, 3.8) is 0 Å². The minimum Gasteiger partial charge on any atom is -0.381 e. The highest BCUT2D eigenvalue weighted by atomic mass is 16.5. The number of piperazine rings is 1. The van der Waals surface area contributed by atoms with Crippen LogP contribution in [0.3, 0.4) is 0 Å². The second-order valence-corrected chi connectivity index (χ2v) is 15.4.